The minimum absolute atomic E-state index is 0.140. The summed E-state index contributed by atoms with van der Waals surface area (Å²) in [5, 5.41) is 18.0. The second-order valence-electron chi connectivity index (χ2n) is 5.07. The Labute approximate surface area is 151 Å². The Morgan fingerprint density at radius 3 is 2.35 bits per heavy atom. The average Bonchev–Trinajstić information content (AvgIpc) is 2.52. The lowest BCUT2D eigenvalue weighted by molar-refractivity contribution is -0.143. The quantitative estimate of drug-likeness (QED) is 0.349. The van der Waals surface area contributed by atoms with Crippen LogP contribution in [0.2, 0.25) is 0 Å². The van der Waals surface area contributed by atoms with Gasteiger partial charge in [0.25, 0.3) is 0 Å². The lowest BCUT2D eigenvalue weighted by Crippen LogP contribution is -2.31. The van der Waals surface area contributed by atoms with Gasteiger partial charge in [0, 0.05) is 5.75 Å². The van der Waals surface area contributed by atoms with Gasteiger partial charge in [0.1, 0.15) is 11.8 Å². The fourth-order valence-corrected chi connectivity index (χ4v) is 2.70. The van der Waals surface area contributed by atoms with Gasteiger partial charge in [-0.2, -0.15) is 0 Å². The third kappa shape index (κ3) is 7.89. The third-order valence-corrected chi connectivity index (χ3v) is 4.97. The molecule has 1 rings (SSSR count). The molecule has 0 spiro atoms. The smallest absolute Gasteiger partial charge is 0.320 e. The van der Waals surface area contributed by atoms with E-state index in [4.69, 9.17) is 15.6 Å². The van der Waals surface area contributed by atoms with Gasteiger partial charge < -0.3 is 20.7 Å². The molecule has 8 heteroatoms. The number of carbonyl (C=O) groups is 2. The topological polar surface area (TPSA) is 110 Å². The summed E-state index contributed by atoms with van der Waals surface area (Å²) >= 11 is 2.21. The molecular weight excluding hydrogens is 433 g/mol. The zero-order chi connectivity index (χ0) is 17.2. The lowest BCUT2D eigenvalue weighted by Gasteiger charge is -2.14. The first-order valence-corrected chi connectivity index (χ1v) is 10.6. The highest BCUT2D eigenvalue weighted by molar-refractivity contribution is 14.2. The molecule has 0 saturated heterocycles. The fourth-order valence-electron chi connectivity index (χ4n) is 2.01. The SMILES string of the molecule is N[C@H](CCC(Cc1ccc(OCCSI)cc1)C(=O)O)C(=O)O. The summed E-state index contributed by atoms with van der Waals surface area (Å²) in [7, 11) is 1.67. The van der Waals surface area contributed by atoms with Gasteiger partial charge in [-0.05, 0) is 58.2 Å². The summed E-state index contributed by atoms with van der Waals surface area (Å²) < 4.78 is 5.54. The molecule has 1 aromatic carbocycles. The van der Waals surface area contributed by atoms with E-state index in [0.717, 1.165) is 17.1 Å². The summed E-state index contributed by atoms with van der Waals surface area (Å²) in [5.74, 6) is -1.06. The molecule has 0 aliphatic heterocycles. The Balaban J connectivity index is 2.55. The van der Waals surface area contributed by atoms with Crippen LogP contribution in [0.3, 0.4) is 0 Å². The second kappa shape index (κ2) is 10.7. The Bertz CT molecular complexity index is 511. The Hall–Kier alpha value is -1.00. The summed E-state index contributed by atoms with van der Waals surface area (Å²) in [6.07, 6.45) is 0.709. The van der Waals surface area contributed by atoms with Crippen molar-refractivity contribution in [2.24, 2.45) is 11.7 Å². The standard InChI is InChI=1S/C15H20INO5S/c16-23-8-7-22-12-4-1-10(2-5-12)9-11(14(18)19)3-6-13(17)15(20)21/h1-2,4-5,11,13H,3,6-9,17H2,(H,18,19)(H,20,21)/t11?,13-/m1/s1. The van der Waals surface area contributed by atoms with Gasteiger partial charge in [0.2, 0.25) is 0 Å². The van der Waals surface area contributed by atoms with Gasteiger partial charge in [-0.1, -0.05) is 21.1 Å². The zero-order valence-corrected chi connectivity index (χ0v) is 15.5. The number of hydrogen-bond donors (Lipinski definition) is 3. The Morgan fingerprint density at radius 1 is 1.17 bits per heavy atom. The van der Waals surface area contributed by atoms with Crippen molar-refractivity contribution >= 4 is 42.1 Å². The highest BCUT2D eigenvalue weighted by Gasteiger charge is 2.21. The molecule has 1 unspecified atom stereocenters. The second-order valence-corrected chi connectivity index (χ2v) is 7.56. The fraction of sp³-hybridized carbons (Fsp3) is 0.467. The molecule has 0 bridgehead atoms. The maximum Gasteiger partial charge on any atom is 0.320 e. The molecule has 4 N–H and O–H groups in total. The normalized spacial score (nSPS) is 13.3. The molecule has 0 aromatic heterocycles. The van der Waals surface area contributed by atoms with Crippen molar-refractivity contribution < 1.29 is 24.5 Å². The number of nitrogens with two attached hydrogens (primary N) is 1. The van der Waals surface area contributed by atoms with Crippen LogP contribution in [-0.2, 0) is 16.0 Å². The van der Waals surface area contributed by atoms with Gasteiger partial charge in [0.05, 0.1) is 12.5 Å². The number of rotatable bonds is 11. The number of ether oxygens (including phenoxy) is 1. The van der Waals surface area contributed by atoms with E-state index in [1.54, 1.807) is 8.93 Å². The summed E-state index contributed by atoms with van der Waals surface area (Å²) in [5.41, 5.74) is 6.30. The molecule has 0 amide bonds. The lowest BCUT2D eigenvalue weighted by atomic mass is 9.93. The zero-order valence-electron chi connectivity index (χ0n) is 12.5. The van der Waals surface area contributed by atoms with Crippen molar-refractivity contribution in [2.45, 2.75) is 25.3 Å². The molecular formula is C15H20INO5S. The van der Waals surface area contributed by atoms with Crippen molar-refractivity contribution in [3.8, 4) is 5.75 Å². The molecule has 0 heterocycles. The van der Waals surface area contributed by atoms with Crippen LogP contribution in [0.5, 0.6) is 5.75 Å². The van der Waals surface area contributed by atoms with Crippen LogP contribution in [0, 0.1) is 5.92 Å². The van der Waals surface area contributed by atoms with Gasteiger partial charge in [0.15, 0.2) is 0 Å². The van der Waals surface area contributed by atoms with Crippen LogP contribution < -0.4 is 10.5 Å². The molecule has 2 atom stereocenters. The van der Waals surface area contributed by atoms with Gasteiger partial charge >= 0.3 is 11.9 Å². The third-order valence-electron chi connectivity index (χ3n) is 3.33. The molecule has 23 heavy (non-hydrogen) atoms. The van der Waals surface area contributed by atoms with Crippen LogP contribution in [-0.4, -0.2) is 40.6 Å². The van der Waals surface area contributed by atoms with Gasteiger partial charge in [-0.25, -0.2) is 0 Å². The predicted molar refractivity (Wildman–Crippen MR) is 98.1 cm³/mol. The van der Waals surface area contributed by atoms with Crippen molar-refractivity contribution in [3.05, 3.63) is 29.8 Å². The van der Waals surface area contributed by atoms with Crippen molar-refractivity contribution in [1.82, 2.24) is 0 Å². The summed E-state index contributed by atoms with van der Waals surface area (Å²) in [6, 6.07) is 6.27. The average molecular weight is 453 g/mol. The van der Waals surface area contributed by atoms with Crippen LogP contribution >= 0.6 is 30.1 Å². The number of carboxylic acids is 2. The first-order valence-electron chi connectivity index (χ1n) is 7.10. The molecule has 6 nitrogen and oxygen atoms in total. The minimum atomic E-state index is -1.11. The van der Waals surface area contributed by atoms with Crippen LogP contribution in [0.15, 0.2) is 24.3 Å². The molecule has 0 aliphatic rings. The predicted octanol–water partition coefficient (Wildman–Crippen LogP) is 2.58. The first kappa shape index (κ1) is 20.0. The number of halogens is 1. The van der Waals surface area contributed by atoms with Crippen LogP contribution in [0.4, 0.5) is 0 Å². The highest BCUT2D eigenvalue weighted by atomic mass is 127. The number of hydrogen-bond acceptors (Lipinski definition) is 5. The molecule has 0 saturated carbocycles. The Morgan fingerprint density at radius 2 is 1.83 bits per heavy atom. The minimum Gasteiger partial charge on any atom is -0.493 e. The maximum atomic E-state index is 11.3. The number of benzene rings is 1. The van der Waals surface area contributed by atoms with Crippen molar-refractivity contribution in [1.29, 1.82) is 0 Å². The van der Waals surface area contributed by atoms with E-state index >= 15 is 0 Å². The largest absolute Gasteiger partial charge is 0.493 e. The van der Waals surface area contributed by atoms with Crippen molar-refractivity contribution in [3.63, 3.8) is 0 Å². The van der Waals surface area contributed by atoms with E-state index in [9.17, 15) is 14.7 Å². The number of carboxylic acid groups (broad SMARTS) is 2. The van der Waals surface area contributed by atoms with E-state index in [0.29, 0.717) is 13.0 Å². The molecule has 0 fully saturated rings. The van der Waals surface area contributed by atoms with Gasteiger partial charge in [-0.3, -0.25) is 9.59 Å². The number of aliphatic carboxylic acids is 2. The summed E-state index contributed by atoms with van der Waals surface area (Å²) in [4.78, 5) is 22.0. The van der Waals surface area contributed by atoms with Crippen LogP contribution in [0.1, 0.15) is 18.4 Å². The highest BCUT2D eigenvalue weighted by Crippen LogP contribution is 2.19. The molecule has 0 radical (unpaired) electrons. The monoisotopic (exact) mass is 453 g/mol. The molecule has 1 aromatic rings. The maximum absolute atomic E-state index is 11.3. The van der Waals surface area contributed by atoms with Gasteiger partial charge in [-0.15, -0.1) is 0 Å². The van der Waals surface area contributed by atoms with E-state index in [1.165, 1.54) is 0 Å². The van der Waals surface area contributed by atoms with E-state index in [2.05, 4.69) is 21.2 Å². The Kier molecular flexibility index (Phi) is 9.34. The molecule has 128 valence electrons. The summed E-state index contributed by atoms with van der Waals surface area (Å²) in [6.45, 7) is 0.623. The van der Waals surface area contributed by atoms with E-state index in [-0.39, 0.29) is 12.8 Å². The molecule has 0 aliphatic carbocycles. The van der Waals surface area contributed by atoms with E-state index < -0.39 is 23.9 Å². The van der Waals surface area contributed by atoms with Crippen molar-refractivity contribution in [2.75, 3.05) is 12.4 Å². The van der Waals surface area contributed by atoms with Crippen LogP contribution in [0.25, 0.3) is 0 Å². The van der Waals surface area contributed by atoms with E-state index in [1.807, 2.05) is 24.3 Å². The first-order chi connectivity index (χ1) is 10.9.